The van der Waals surface area contributed by atoms with E-state index < -0.39 is 0 Å². The number of nitrogens with zero attached hydrogens (tertiary/aromatic N) is 1. The maximum Gasteiger partial charge on any atom is 0.223 e. The quantitative estimate of drug-likeness (QED) is 0.790. The Bertz CT molecular complexity index is 494. The number of halogens is 2. The SMILES string of the molecule is O=C(CCOc1ccc(Cl)cc1Cl)NCCN1CCNCC1. The highest BCUT2D eigenvalue weighted by atomic mass is 35.5. The molecule has 7 heteroatoms. The van der Waals surface area contributed by atoms with Gasteiger partial charge in [0.1, 0.15) is 5.75 Å². The van der Waals surface area contributed by atoms with Crippen molar-refractivity contribution in [2.24, 2.45) is 0 Å². The molecule has 1 saturated heterocycles. The van der Waals surface area contributed by atoms with Crippen LogP contribution in [-0.4, -0.2) is 56.7 Å². The number of carbonyl (C=O) groups is 1. The van der Waals surface area contributed by atoms with E-state index in [1.54, 1.807) is 18.2 Å². The summed E-state index contributed by atoms with van der Waals surface area (Å²) < 4.78 is 5.49. The lowest BCUT2D eigenvalue weighted by Gasteiger charge is -2.27. The van der Waals surface area contributed by atoms with Gasteiger partial charge in [-0.15, -0.1) is 0 Å². The van der Waals surface area contributed by atoms with Crippen molar-refractivity contribution in [2.45, 2.75) is 6.42 Å². The molecule has 2 N–H and O–H groups in total. The second kappa shape index (κ2) is 9.20. The Morgan fingerprint density at radius 1 is 1.32 bits per heavy atom. The molecule has 1 aliphatic heterocycles. The third-order valence-electron chi connectivity index (χ3n) is 3.44. The van der Waals surface area contributed by atoms with Crippen molar-refractivity contribution < 1.29 is 9.53 Å². The van der Waals surface area contributed by atoms with E-state index in [2.05, 4.69) is 15.5 Å². The molecule has 0 bridgehead atoms. The Balaban J connectivity index is 1.59. The van der Waals surface area contributed by atoms with Crippen LogP contribution in [0.25, 0.3) is 0 Å². The smallest absolute Gasteiger partial charge is 0.223 e. The van der Waals surface area contributed by atoms with Crippen molar-refractivity contribution in [3.05, 3.63) is 28.2 Å². The number of ether oxygens (including phenoxy) is 1. The van der Waals surface area contributed by atoms with Crippen LogP contribution in [0.1, 0.15) is 6.42 Å². The standard InChI is InChI=1S/C15H21Cl2N3O2/c16-12-1-2-14(13(17)11-12)22-10-3-15(21)19-6-9-20-7-4-18-5-8-20/h1-2,11,18H,3-10H2,(H,19,21). The third kappa shape index (κ3) is 6.01. The summed E-state index contributed by atoms with van der Waals surface area (Å²) in [6.45, 7) is 5.95. The molecule has 0 atom stereocenters. The minimum atomic E-state index is -0.0137. The maximum atomic E-state index is 11.7. The number of hydrogen-bond donors (Lipinski definition) is 2. The van der Waals surface area contributed by atoms with Crippen LogP contribution in [0.4, 0.5) is 0 Å². The molecule has 1 aromatic carbocycles. The molecule has 0 radical (unpaired) electrons. The van der Waals surface area contributed by atoms with Crippen molar-refractivity contribution in [1.82, 2.24) is 15.5 Å². The summed E-state index contributed by atoms with van der Waals surface area (Å²) in [6, 6.07) is 5.02. The van der Waals surface area contributed by atoms with Crippen molar-refractivity contribution in [3.8, 4) is 5.75 Å². The van der Waals surface area contributed by atoms with Gasteiger partial charge in [0.25, 0.3) is 0 Å². The topological polar surface area (TPSA) is 53.6 Å². The molecular weight excluding hydrogens is 325 g/mol. The van der Waals surface area contributed by atoms with Crippen LogP contribution in [0.5, 0.6) is 5.75 Å². The highest BCUT2D eigenvalue weighted by molar-refractivity contribution is 6.35. The molecule has 0 aliphatic carbocycles. The van der Waals surface area contributed by atoms with Crippen molar-refractivity contribution in [2.75, 3.05) is 45.9 Å². The lowest BCUT2D eigenvalue weighted by Crippen LogP contribution is -2.46. The predicted octanol–water partition coefficient (Wildman–Crippen LogP) is 1.78. The third-order valence-corrected chi connectivity index (χ3v) is 3.97. The summed E-state index contributed by atoms with van der Waals surface area (Å²) in [4.78, 5) is 14.1. The van der Waals surface area contributed by atoms with Gasteiger partial charge in [-0.2, -0.15) is 0 Å². The van der Waals surface area contributed by atoms with Crippen molar-refractivity contribution in [1.29, 1.82) is 0 Å². The first-order valence-electron chi connectivity index (χ1n) is 7.43. The minimum absolute atomic E-state index is 0.0137. The van der Waals surface area contributed by atoms with Gasteiger partial charge in [-0.25, -0.2) is 0 Å². The number of rotatable bonds is 7. The molecule has 1 amide bonds. The Hall–Kier alpha value is -1.01. The highest BCUT2D eigenvalue weighted by Crippen LogP contribution is 2.27. The molecule has 0 saturated carbocycles. The molecule has 0 unspecified atom stereocenters. The zero-order chi connectivity index (χ0) is 15.8. The molecule has 122 valence electrons. The highest BCUT2D eigenvalue weighted by Gasteiger charge is 2.09. The van der Waals surface area contributed by atoms with Crippen LogP contribution < -0.4 is 15.4 Å². The number of nitrogens with one attached hydrogen (secondary N) is 2. The van der Waals surface area contributed by atoms with Gasteiger partial charge in [-0.05, 0) is 18.2 Å². The lowest BCUT2D eigenvalue weighted by molar-refractivity contribution is -0.121. The normalized spacial score (nSPS) is 15.5. The fourth-order valence-corrected chi connectivity index (χ4v) is 2.69. The van der Waals surface area contributed by atoms with Gasteiger partial charge in [-0.1, -0.05) is 23.2 Å². The first-order chi connectivity index (χ1) is 10.6. The van der Waals surface area contributed by atoms with Gasteiger partial charge in [0.05, 0.1) is 18.1 Å². The summed E-state index contributed by atoms with van der Waals surface area (Å²) in [5.41, 5.74) is 0. The molecule has 22 heavy (non-hydrogen) atoms. The molecule has 1 aromatic rings. The van der Waals surface area contributed by atoms with Crippen LogP contribution in [0.2, 0.25) is 10.0 Å². The number of piperazine rings is 1. The summed E-state index contributed by atoms with van der Waals surface area (Å²) in [6.07, 6.45) is 0.306. The average molecular weight is 346 g/mol. The second-order valence-electron chi connectivity index (χ2n) is 5.11. The maximum absolute atomic E-state index is 11.7. The number of benzene rings is 1. The average Bonchev–Trinajstić information content (AvgIpc) is 2.50. The Kier molecular flexibility index (Phi) is 7.25. The van der Waals surface area contributed by atoms with Crippen LogP contribution in [-0.2, 0) is 4.79 Å². The molecular formula is C15H21Cl2N3O2. The zero-order valence-corrected chi connectivity index (χ0v) is 13.9. The van der Waals surface area contributed by atoms with E-state index in [0.29, 0.717) is 35.4 Å². The van der Waals surface area contributed by atoms with E-state index in [-0.39, 0.29) is 5.91 Å². The molecule has 1 heterocycles. The minimum Gasteiger partial charge on any atom is -0.491 e. The van der Waals surface area contributed by atoms with Gasteiger partial charge < -0.3 is 15.4 Å². The molecule has 0 aromatic heterocycles. The molecule has 5 nitrogen and oxygen atoms in total. The molecule has 0 spiro atoms. The van der Waals surface area contributed by atoms with Gasteiger partial charge in [0.15, 0.2) is 0 Å². The van der Waals surface area contributed by atoms with E-state index in [0.717, 1.165) is 32.7 Å². The van der Waals surface area contributed by atoms with Crippen molar-refractivity contribution >= 4 is 29.1 Å². The van der Waals surface area contributed by atoms with Crippen molar-refractivity contribution in [3.63, 3.8) is 0 Å². The predicted molar refractivity (Wildman–Crippen MR) is 88.9 cm³/mol. The first kappa shape index (κ1) is 17.3. The van der Waals surface area contributed by atoms with Gasteiger partial charge in [0.2, 0.25) is 5.91 Å². The van der Waals surface area contributed by atoms with E-state index in [4.69, 9.17) is 27.9 Å². The van der Waals surface area contributed by atoms with Gasteiger partial charge >= 0.3 is 0 Å². The molecule has 1 aliphatic rings. The van der Waals surface area contributed by atoms with Crippen LogP contribution in [0, 0.1) is 0 Å². The van der Waals surface area contributed by atoms with E-state index in [1.165, 1.54) is 0 Å². The zero-order valence-electron chi connectivity index (χ0n) is 12.4. The molecule has 2 rings (SSSR count). The number of amides is 1. The second-order valence-corrected chi connectivity index (χ2v) is 5.96. The largest absolute Gasteiger partial charge is 0.491 e. The van der Waals surface area contributed by atoms with E-state index in [9.17, 15) is 4.79 Å². The summed E-state index contributed by atoms with van der Waals surface area (Å²) in [7, 11) is 0. The van der Waals surface area contributed by atoms with Crippen LogP contribution in [0.3, 0.4) is 0 Å². The monoisotopic (exact) mass is 345 g/mol. The van der Waals surface area contributed by atoms with Crippen LogP contribution >= 0.6 is 23.2 Å². The Morgan fingerprint density at radius 2 is 2.09 bits per heavy atom. The van der Waals surface area contributed by atoms with E-state index in [1.807, 2.05) is 0 Å². The van der Waals surface area contributed by atoms with Gasteiger partial charge in [-0.3, -0.25) is 9.69 Å². The van der Waals surface area contributed by atoms with E-state index >= 15 is 0 Å². The van der Waals surface area contributed by atoms with Gasteiger partial charge in [0, 0.05) is 44.3 Å². The lowest BCUT2D eigenvalue weighted by atomic mass is 10.3. The Labute approximate surface area is 140 Å². The fourth-order valence-electron chi connectivity index (χ4n) is 2.22. The Morgan fingerprint density at radius 3 is 2.82 bits per heavy atom. The van der Waals surface area contributed by atoms with Crippen LogP contribution in [0.15, 0.2) is 18.2 Å². The first-order valence-corrected chi connectivity index (χ1v) is 8.18. The fraction of sp³-hybridized carbons (Fsp3) is 0.533. The number of hydrogen-bond acceptors (Lipinski definition) is 4. The summed E-state index contributed by atoms with van der Waals surface area (Å²) >= 11 is 11.8. The molecule has 1 fully saturated rings. The summed E-state index contributed by atoms with van der Waals surface area (Å²) in [5.74, 6) is 0.528. The summed E-state index contributed by atoms with van der Waals surface area (Å²) in [5, 5.41) is 7.21. The number of carbonyl (C=O) groups excluding carboxylic acids is 1.